The fourth-order valence-corrected chi connectivity index (χ4v) is 2.94. The van der Waals surface area contributed by atoms with Crippen LogP contribution in [0.5, 0.6) is 11.5 Å². The standard InChI is InChI=1S/C21H23NO2/c1-23-20-11-10-16(14-21(20)24-2)12-13-22-15-18-8-5-7-17-6-3-4-9-19(17)18/h3-11,14,22H,12-13,15H2,1-2H3. The lowest BCUT2D eigenvalue weighted by Crippen LogP contribution is -2.16. The highest BCUT2D eigenvalue weighted by molar-refractivity contribution is 5.85. The van der Waals surface area contributed by atoms with Crippen LogP contribution in [0.4, 0.5) is 0 Å². The summed E-state index contributed by atoms with van der Waals surface area (Å²) in [6.45, 7) is 1.79. The average molecular weight is 321 g/mol. The predicted octanol–water partition coefficient (Wildman–Crippen LogP) is 4.19. The second kappa shape index (κ2) is 7.84. The Labute approximate surface area is 143 Å². The first-order valence-corrected chi connectivity index (χ1v) is 8.20. The molecule has 0 fully saturated rings. The molecule has 0 bridgehead atoms. The van der Waals surface area contributed by atoms with Gasteiger partial charge in [-0.25, -0.2) is 0 Å². The zero-order chi connectivity index (χ0) is 16.8. The minimum atomic E-state index is 0.768. The molecule has 0 aromatic heterocycles. The molecule has 0 aliphatic carbocycles. The summed E-state index contributed by atoms with van der Waals surface area (Å²) in [5, 5.41) is 6.14. The van der Waals surface area contributed by atoms with Crippen LogP contribution in [0.2, 0.25) is 0 Å². The van der Waals surface area contributed by atoms with Crippen LogP contribution in [0.3, 0.4) is 0 Å². The molecule has 0 radical (unpaired) electrons. The van der Waals surface area contributed by atoms with E-state index in [-0.39, 0.29) is 0 Å². The Kier molecular flexibility index (Phi) is 5.34. The van der Waals surface area contributed by atoms with E-state index in [4.69, 9.17) is 9.47 Å². The first-order chi connectivity index (χ1) is 11.8. The van der Waals surface area contributed by atoms with Gasteiger partial charge in [-0.3, -0.25) is 0 Å². The predicted molar refractivity (Wildman–Crippen MR) is 98.9 cm³/mol. The number of hydrogen-bond acceptors (Lipinski definition) is 3. The van der Waals surface area contributed by atoms with Crippen molar-refractivity contribution in [2.75, 3.05) is 20.8 Å². The van der Waals surface area contributed by atoms with Gasteiger partial charge in [-0.1, -0.05) is 48.5 Å². The lowest BCUT2D eigenvalue weighted by Gasteiger charge is -2.11. The van der Waals surface area contributed by atoms with Crippen molar-refractivity contribution in [1.29, 1.82) is 0 Å². The van der Waals surface area contributed by atoms with Gasteiger partial charge >= 0.3 is 0 Å². The van der Waals surface area contributed by atoms with E-state index in [1.165, 1.54) is 21.9 Å². The third-order valence-corrected chi connectivity index (χ3v) is 4.23. The van der Waals surface area contributed by atoms with Crippen LogP contribution < -0.4 is 14.8 Å². The van der Waals surface area contributed by atoms with Gasteiger partial charge in [-0.05, 0) is 47.0 Å². The van der Waals surface area contributed by atoms with E-state index >= 15 is 0 Å². The van der Waals surface area contributed by atoms with Crippen molar-refractivity contribution in [3.63, 3.8) is 0 Å². The Bertz CT molecular complexity index is 809. The maximum atomic E-state index is 5.36. The van der Waals surface area contributed by atoms with Crippen LogP contribution in [0, 0.1) is 0 Å². The highest BCUT2D eigenvalue weighted by Gasteiger charge is 2.04. The maximum absolute atomic E-state index is 5.36. The Hall–Kier alpha value is -2.52. The van der Waals surface area contributed by atoms with Crippen LogP contribution in [0.15, 0.2) is 60.7 Å². The van der Waals surface area contributed by atoms with Gasteiger partial charge < -0.3 is 14.8 Å². The number of hydrogen-bond donors (Lipinski definition) is 1. The average Bonchev–Trinajstić information content (AvgIpc) is 2.65. The SMILES string of the molecule is COc1ccc(CCNCc2cccc3ccccc23)cc1OC. The fourth-order valence-electron chi connectivity index (χ4n) is 2.94. The zero-order valence-corrected chi connectivity index (χ0v) is 14.2. The molecule has 3 aromatic carbocycles. The summed E-state index contributed by atoms with van der Waals surface area (Å²) in [5.41, 5.74) is 2.57. The molecule has 1 N–H and O–H groups in total. The van der Waals surface area contributed by atoms with E-state index in [0.717, 1.165) is 31.0 Å². The molecule has 24 heavy (non-hydrogen) atoms. The highest BCUT2D eigenvalue weighted by atomic mass is 16.5. The van der Waals surface area contributed by atoms with Crippen molar-refractivity contribution < 1.29 is 9.47 Å². The van der Waals surface area contributed by atoms with Crippen molar-refractivity contribution >= 4 is 10.8 Å². The first kappa shape index (κ1) is 16.3. The van der Waals surface area contributed by atoms with E-state index in [0.29, 0.717) is 0 Å². The topological polar surface area (TPSA) is 30.5 Å². The normalized spacial score (nSPS) is 10.8. The number of ether oxygens (including phenoxy) is 2. The van der Waals surface area contributed by atoms with Crippen molar-refractivity contribution in [2.24, 2.45) is 0 Å². The number of benzene rings is 3. The molecular formula is C21H23NO2. The second-order valence-corrected chi connectivity index (χ2v) is 5.75. The summed E-state index contributed by atoms with van der Waals surface area (Å²) < 4.78 is 10.6. The first-order valence-electron chi connectivity index (χ1n) is 8.20. The number of nitrogens with one attached hydrogen (secondary N) is 1. The van der Waals surface area contributed by atoms with Gasteiger partial charge in [0, 0.05) is 6.54 Å². The third-order valence-electron chi connectivity index (χ3n) is 4.23. The summed E-state index contributed by atoms with van der Waals surface area (Å²) in [7, 11) is 3.32. The Morgan fingerprint density at radius 2 is 1.62 bits per heavy atom. The van der Waals surface area contributed by atoms with E-state index in [1.807, 2.05) is 12.1 Å². The van der Waals surface area contributed by atoms with Crippen LogP contribution in [0.25, 0.3) is 10.8 Å². The van der Waals surface area contributed by atoms with Crippen molar-refractivity contribution in [2.45, 2.75) is 13.0 Å². The summed E-state index contributed by atoms with van der Waals surface area (Å²) in [5.74, 6) is 1.55. The summed E-state index contributed by atoms with van der Waals surface area (Å²) in [6.07, 6.45) is 0.950. The van der Waals surface area contributed by atoms with Gasteiger partial charge in [0.25, 0.3) is 0 Å². The molecule has 3 nitrogen and oxygen atoms in total. The maximum Gasteiger partial charge on any atom is 0.160 e. The smallest absolute Gasteiger partial charge is 0.160 e. The van der Waals surface area contributed by atoms with E-state index in [9.17, 15) is 0 Å². The van der Waals surface area contributed by atoms with Crippen LogP contribution in [-0.2, 0) is 13.0 Å². The van der Waals surface area contributed by atoms with Crippen molar-refractivity contribution in [3.8, 4) is 11.5 Å². The fraction of sp³-hybridized carbons (Fsp3) is 0.238. The van der Waals surface area contributed by atoms with Gasteiger partial charge in [0.15, 0.2) is 11.5 Å². The summed E-state index contributed by atoms with van der Waals surface area (Å²) >= 11 is 0. The third kappa shape index (κ3) is 3.69. The molecule has 0 spiro atoms. The quantitative estimate of drug-likeness (QED) is 0.662. The molecule has 0 saturated heterocycles. The zero-order valence-electron chi connectivity index (χ0n) is 14.2. The summed E-state index contributed by atoms with van der Waals surface area (Å²) in [6, 6.07) is 21.1. The second-order valence-electron chi connectivity index (χ2n) is 5.75. The van der Waals surface area contributed by atoms with Crippen LogP contribution >= 0.6 is 0 Å². The van der Waals surface area contributed by atoms with E-state index in [1.54, 1.807) is 14.2 Å². The minimum absolute atomic E-state index is 0.768. The molecule has 124 valence electrons. The minimum Gasteiger partial charge on any atom is -0.493 e. The molecule has 0 saturated carbocycles. The Morgan fingerprint density at radius 1 is 0.833 bits per heavy atom. The Morgan fingerprint density at radius 3 is 2.46 bits per heavy atom. The molecule has 0 amide bonds. The van der Waals surface area contributed by atoms with E-state index < -0.39 is 0 Å². The lowest BCUT2D eigenvalue weighted by atomic mass is 10.0. The van der Waals surface area contributed by atoms with Crippen LogP contribution in [-0.4, -0.2) is 20.8 Å². The Balaban J connectivity index is 1.59. The van der Waals surface area contributed by atoms with E-state index in [2.05, 4.69) is 53.8 Å². The number of rotatable bonds is 7. The van der Waals surface area contributed by atoms with Crippen molar-refractivity contribution in [3.05, 3.63) is 71.8 Å². The highest BCUT2D eigenvalue weighted by Crippen LogP contribution is 2.27. The number of methoxy groups -OCH3 is 2. The largest absolute Gasteiger partial charge is 0.493 e. The monoisotopic (exact) mass is 321 g/mol. The molecule has 0 atom stereocenters. The molecule has 3 rings (SSSR count). The van der Waals surface area contributed by atoms with Gasteiger partial charge in [-0.2, -0.15) is 0 Å². The molecule has 0 aliphatic rings. The molecular weight excluding hydrogens is 298 g/mol. The molecule has 0 aliphatic heterocycles. The van der Waals surface area contributed by atoms with Crippen molar-refractivity contribution in [1.82, 2.24) is 5.32 Å². The van der Waals surface area contributed by atoms with Gasteiger partial charge in [0.1, 0.15) is 0 Å². The molecule has 0 unspecified atom stereocenters. The van der Waals surface area contributed by atoms with Gasteiger partial charge in [-0.15, -0.1) is 0 Å². The van der Waals surface area contributed by atoms with Gasteiger partial charge in [0.2, 0.25) is 0 Å². The molecule has 3 aromatic rings. The molecule has 3 heteroatoms. The van der Waals surface area contributed by atoms with Gasteiger partial charge in [0.05, 0.1) is 14.2 Å². The van der Waals surface area contributed by atoms with Crippen LogP contribution in [0.1, 0.15) is 11.1 Å². The summed E-state index contributed by atoms with van der Waals surface area (Å²) in [4.78, 5) is 0. The number of fused-ring (bicyclic) bond motifs is 1. The lowest BCUT2D eigenvalue weighted by molar-refractivity contribution is 0.354. The molecule has 0 heterocycles.